The van der Waals surface area contributed by atoms with Gasteiger partial charge in [-0.25, -0.2) is 0 Å². The molecule has 0 saturated heterocycles. The molecule has 5 heteroatoms. The van der Waals surface area contributed by atoms with Crippen molar-refractivity contribution in [1.82, 2.24) is 0 Å². The molecular formula is C9H10F2O2S. The predicted octanol–water partition coefficient (Wildman–Crippen LogP) is 2.77. The maximum atomic E-state index is 12.9. The van der Waals surface area contributed by atoms with Gasteiger partial charge in [0.15, 0.2) is 24.7 Å². The lowest BCUT2D eigenvalue weighted by atomic mass is 10.4. The van der Waals surface area contributed by atoms with Crippen LogP contribution >= 0.6 is 11.3 Å². The fourth-order valence-electron chi connectivity index (χ4n) is 1.37. The van der Waals surface area contributed by atoms with Crippen molar-refractivity contribution < 1.29 is 18.3 Å². The summed E-state index contributed by atoms with van der Waals surface area (Å²) in [5, 5.41) is 0. The summed E-state index contributed by atoms with van der Waals surface area (Å²) in [6.07, 6.45) is 0. The topological polar surface area (TPSA) is 18.5 Å². The number of hydrogen-bond acceptors (Lipinski definition) is 3. The van der Waals surface area contributed by atoms with Crippen LogP contribution in [0, 0.1) is 13.8 Å². The van der Waals surface area contributed by atoms with Gasteiger partial charge in [0.25, 0.3) is 0 Å². The highest BCUT2D eigenvalue weighted by atomic mass is 32.1. The van der Waals surface area contributed by atoms with E-state index in [0.717, 1.165) is 9.75 Å². The molecule has 1 aromatic heterocycles. The lowest BCUT2D eigenvalue weighted by Crippen LogP contribution is -2.30. The molecule has 0 N–H and O–H groups in total. The minimum absolute atomic E-state index is 0.477. The van der Waals surface area contributed by atoms with Crippen LogP contribution in [-0.2, 0) is 0 Å². The van der Waals surface area contributed by atoms with E-state index >= 15 is 0 Å². The van der Waals surface area contributed by atoms with E-state index in [9.17, 15) is 8.78 Å². The number of rotatable bonds is 0. The Morgan fingerprint density at radius 1 is 1.07 bits per heavy atom. The van der Waals surface area contributed by atoms with Crippen molar-refractivity contribution in [3.63, 3.8) is 0 Å². The van der Waals surface area contributed by atoms with E-state index in [4.69, 9.17) is 9.47 Å². The molecular weight excluding hydrogens is 210 g/mol. The Kier molecular flexibility index (Phi) is 2.14. The normalized spacial score (nSPS) is 19.1. The van der Waals surface area contributed by atoms with Gasteiger partial charge in [0.2, 0.25) is 0 Å². The fourth-order valence-corrected chi connectivity index (χ4v) is 2.32. The summed E-state index contributed by atoms with van der Waals surface area (Å²) in [5.41, 5.74) is 0. The SMILES string of the molecule is Cc1sc(C)c2c1OCC(F)(F)CO2. The lowest BCUT2D eigenvalue weighted by molar-refractivity contribution is -0.0623. The Labute approximate surface area is 84.4 Å². The molecule has 0 radical (unpaired) electrons. The zero-order valence-corrected chi connectivity index (χ0v) is 8.71. The van der Waals surface area contributed by atoms with Crippen molar-refractivity contribution in [2.75, 3.05) is 13.2 Å². The number of ether oxygens (including phenoxy) is 2. The zero-order chi connectivity index (χ0) is 10.3. The van der Waals surface area contributed by atoms with Gasteiger partial charge in [-0.15, -0.1) is 11.3 Å². The molecule has 0 amide bonds. The molecule has 0 saturated carbocycles. The monoisotopic (exact) mass is 220 g/mol. The molecule has 2 rings (SSSR count). The van der Waals surface area contributed by atoms with Crippen LogP contribution < -0.4 is 9.47 Å². The average Bonchev–Trinajstić information content (AvgIpc) is 2.26. The van der Waals surface area contributed by atoms with E-state index in [2.05, 4.69) is 0 Å². The average molecular weight is 220 g/mol. The Morgan fingerprint density at radius 3 is 1.93 bits per heavy atom. The van der Waals surface area contributed by atoms with Crippen LogP contribution in [0.15, 0.2) is 0 Å². The highest BCUT2D eigenvalue weighted by Gasteiger charge is 2.36. The summed E-state index contributed by atoms with van der Waals surface area (Å²) in [6, 6.07) is 0. The third-order valence-electron chi connectivity index (χ3n) is 2.01. The fraction of sp³-hybridized carbons (Fsp3) is 0.556. The van der Waals surface area contributed by atoms with Gasteiger partial charge in [-0.2, -0.15) is 8.78 Å². The Bertz CT molecular complexity index is 329. The maximum absolute atomic E-state index is 12.9. The summed E-state index contributed by atoms with van der Waals surface area (Å²) in [7, 11) is 0. The van der Waals surface area contributed by atoms with Gasteiger partial charge < -0.3 is 9.47 Å². The minimum atomic E-state index is -2.89. The number of halogens is 2. The molecule has 2 nitrogen and oxygen atoms in total. The first-order chi connectivity index (χ1) is 6.49. The van der Waals surface area contributed by atoms with Gasteiger partial charge in [-0.3, -0.25) is 0 Å². The van der Waals surface area contributed by atoms with Crippen LogP contribution in [0.5, 0.6) is 11.5 Å². The van der Waals surface area contributed by atoms with E-state index in [1.807, 2.05) is 13.8 Å². The van der Waals surface area contributed by atoms with Gasteiger partial charge in [-0.1, -0.05) is 0 Å². The third-order valence-corrected chi connectivity index (χ3v) is 2.99. The van der Waals surface area contributed by atoms with Crippen molar-refractivity contribution in [2.45, 2.75) is 19.8 Å². The van der Waals surface area contributed by atoms with Gasteiger partial charge in [-0.05, 0) is 13.8 Å². The van der Waals surface area contributed by atoms with Gasteiger partial charge in [0, 0.05) is 9.75 Å². The molecule has 78 valence electrons. The van der Waals surface area contributed by atoms with Crippen LogP contribution in [0.1, 0.15) is 9.75 Å². The summed E-state index contributed by atoms with van der Waals surface area (Å²) in [6.45, 7) is 2.47. The van der Waals surface area contributed by atoms with E-state index in [1.165, 1.54) is 11.3 Å². The molecule has 0 fully saturated rings. The predicted molar refractivity (Wildman–Crippen MR) is 49.7 cm³/mol. The van der Waals surface area contributed by atoms with Crippen LogP contribution in [0.3, 0.4) is 0 Å². The van der Waals surface area contributed by atoms with Crippen molar-refractivity contribution >= 4 is 11.3 Å². The Morgan fingerprint density at radius 2 is 1.50 bits per heavy atom. The maximum Gasteiger partial charge on any atom is 0.314 e. The summed E-state index contributed by atoms with van der Waals surface area (Å²) >= 11 is 1.50. The largest absolute Gasteiger partial charge is 0.482 e. The van der Waals surface area contributed by atoms with Crippen LogP contribution in [0.2, 0.25) is 0 Å². The smallest absolute Gasteiger partial charge is 0.314 e. The number of fused-ring (bicyclic) bond motifs is 1. The molecule has 0 unspecified atom stereocenters. The van der Waals surface area contributed by atoms with Crippen molar-refractivity contribution in [2.24, 2.45) is 0 Å². The van der Waals surface area contributed by atoms with Crippen LogP contribution in [-0.4, -0.2) is 19.1 Å². The number of hydrogen-bond donors (Lipinski definition) is 0. The van der Waals surface area contributed by atoms with Gasteiger partial charge in [0.1, 0.15) is 0 Å². The quantitative estimate of drug-likeness (QED) is 0.669. The van der Waals surface area contributed by atoms with Crippen molar-refractivity contribution in [3.8, 4) is 11.5 Å². The highest BCUT2D eigenvalue weighted by molar-refractivity contribution is 7.12. The second-order valence-corrected chi connectivity index (χ2v) is 4.73. The number of alkyl halides is 2. The molecule has 0 aliphatic carbocycles. The molecule has 0 aromatic carbocycles. The third kappa shape index (κ3) is 1.56. The Balaban J connectivity index is 2.35. The van der Waals surface area contributed by atoms with Gasteiger partial charge >= 0.3 is 5.92 Å². The molecule has 1 aliphatic rings. The molecule has 0 spiro atoms. The summed E-state index contributed by atoms with van der Waals surface area (Å²) in [5.74, 6) is -1.94. The van der Waals surface area contributed by atoms with E-state index < -0.39 is 19.1 Å². The van der Waals surface area contributed by atoms with E-state index in [0.29, 0.717) is 11.5 Å². The molecule has 14 heavy (non-hydrogen) atoms. The first-order valence-corrected chi connectivity index (χ1v) is 5.05. The molecule has 1 aromatic rings. The summed E-state index contributed by atoms with van der Waals surface area (Å²) in [4.78, 5) is 1.77. The molecule has 2 heterocycles. The molecule has 1 aliphatic heterocycles. The minimum Gasteiger partial charge on any atom is -0.482 e. The number of aryl methyl sites for hydroxylation is 2. The van der Waals surface area contributed by atoms with E-state index in [1.54, 1.807) is 0 Å². The first-order valence-electron chi connectivity index (χ1n) is 4.23. The lowest BCUT2D eigenvalue weighted by Gasteiger charge is -2.11. The molecule has 0 atom stereocenters. The first kappa shape index (κ1) is 9.71. The van der Waals surface area contributed by atoms with E-state index in [-0.39, 0.29) is 0 Å². The van der Waals surface area contributed by atoms with Crippen molar-refractivity contribution in [3.05, 3.63) is 9.75 Å². The second kappa shape index (κ2) is 3.08. The van der Waals surface area contributed by atoms with Gasteiger partial charge in [0.05, 0.1) is 0 Å². The summed E-state index contributed by atoms with van der Waals surface area (Å²) < 4.78 is 35.9. The van der Waals surface area contributed by atoms with Crippen molar-refractivity contribution in [1.29, 1.82) is 0 Å². The number of thiophene rings is 1. The second-order valence-electron chi connectivity index (χ2n) is 3.31. The zero-order valence-electron chi connectivity index (χ0n) is 7.89. The van der Waals surface area contributed by atoms with Crippen LogP contribution in [0.25, 0.3) is 0 Å². The standard InChI is InChI=1S/C9H10F2O2S/c1-5-7-8(6(2)14-5)13-4-9(10,11)3-12-7/h3-4H2,1-2H3. The molecule has 0 bridgehead atoms. The van der Waals surface area contributed by atoms with Crippen LogP contribution in [0.4, 0.5) is 8.78 Å². The Hall–Kier alpha value is -0.840. The highest BCUT2D eigenvalue weighted by Crippen LogP contribution is 2.43.